The van der Waals surface area contributed by atoms with Crippen LogP contribution in [-0.4, -0.2) is 43.1 Å². The summed E-state index contributed by atoms with van der Waals surface area (Å²) in [5.41, 5.74) is 2.91. The van der Waals surface area contributed by atoms with E-state index in [9.17, 15) is 13.6 Å². The molecule has 1 N–H and O–H groups in total. The Morgan fingerprint density at radius 3 is 2.39 bits per heavy atom. The van der Waals surface area contributed by atoms with Gasteiger partial charge in [0, 0.05) is 56.0 Å². The van der Waals surface area contributed by atoms with E-state index in [2.05, 4.69) is 10.3 Å². The number of urea groups is 1. The van der Waals surface area contributed by atoms with Crippen LogP contribution in [0.25, 0.3) is 6.08 Å². The van der Waals surface area contributed by atoms with Crippen molar-refractivity contribution in [3.63, 3.8) is 0 Å². The molecule has 0 aliphatic carbocycles. The Labute approximate surface area is 163 Å². The zero-order valence-corrected chi connectivity index (χ0v) is 16.3. The molecule has 148 valence electrons. The number of carbonyl (C=O) groups is 1. The van der Waals surface area contributed by atoms with E-state index in [0.717, 1.165) is 11.3 Å². The molecule has 7 heteroatoms. The summed E-state index contributed by atoms with van der Waals surface area (Å²) in [6, 6.07) is 6.01. The van der Waals surface area contributed by atoms with Crippen molar-refractivity contribution in [2.24, 2.45) is 0 Å². The van der Waals surface area contributed by atoms with Gasteiger partial charge in [0.05, 0.1) is 0 Å². The number of nitrogens with zero attached hydrogens (tertiary/aromatic N) is 3. The lowest BCUT2D eigenvalue weighted by atomic mass is 10.0. The first-order chi connectivity index (χ1) is 13.3. The van der Waals surface area contributed by atoms with Gasteiger partial charge in [-0.15, -0.1) is 0 Å². The van der Waals surface area contributed by atoms with Gasteiger partial charge in [-0.3, -0.25) is 4.98 Å². The van der Waals surface area contributed by atoms with E-state index in [1.807, 2.05) is 6.92 Å². The molecule has 2 heterocycles. The molecule has 1 aromatic carbocycles. The van der Waals surface area contributed by atoms with E-state index in [1.54, 1.807) is 48.3 Å². The SMILES string of the molecule is Cc1cc(NC(=O)N2CCC(=Cc3c(F)cc(N(C)C)cc3F)CC2)ccn1. The lowest BCUT2D eigenvalue weighted by Gasteiger charge is -2.28. The van der Waals surface area contributed by atoms with Gasteiger partial charge in [-0.2, -0.15) is 0 Å². The number of piperidine rings is 1. The van der Waals surface area contributed by atoms with Gasteiger partial charge in [-0.05, 0) is 50.1 Å². The molecule has 3 rings (SSSR count). The molecule has 5 nitrogen and oxygen atoms in total. The highest BCUT2D eigenvalue weighted by Gasteiger charge is 2.20. The molecular weight excluding hydrogens is 362 g/mol. The van der Waals surface area contributed by atoms with Crippen molar-refractivity contribution >= 4 is 23.5 Å². The van der Waals surface area contributed by atoms with Crippen LogP contribution in [0.1, 0.15) is 24.1 Å². The number of aromatic nitrogens is 1. The molecule has 1 aromatic heterocycles. The molecule has 28 heavy (non-hydrogen) atoms. The number of anilines is 2. The van der Waals surface area contributed by atoms with Crippen molar-refractivity contribution in [2.75, 3.05) is 37.4 Å². The van der Waals surface area contributed by atoms with E-state index in [4.69, 9.17) is 0 Å². The smallest absolute Gasteiger partial charge is 0.321 e. The Bertz CT molecular complexity index is 878. The van der Waals surface area contributed by atoms with Crippen LogP contribution in [0.3, 0.4) is 0 Å². The number of benzene rings is 1. The second-order valence-corrected chi connectivity index (χ2v) is 7.12. The Morgan fingerprint density at radius 2 is 1.82 bits per heavy atom. The van der Waals surface area contributed by atoms with Crippen molar-refractivity contribution in [3.05, 3.63) is 58.9 Å². The number of likely N-dealkylation sites (tertiary alicyclic amines) is 1. The summed E-state index contributed by atoms with van der Waals surface area (Å²) in [4.78, 5) is 19.9. The summed E-state index contributed by atoms with van der Waals surface area (Å²) < 4.78 is 28.6. The van der Waals surface area contributed by atoms with Crippen LogP contribution < -0.4 is 10.2 Å². The highest BCUT2D eigenvalue weighted by Crippen LogP contribution is 2.26. The van der Waals surface area contributed by atoms with Gasteiger partial charge in [0.15, 0.2) is 0 Å². The minimum absolute atomic E-state index is 0.0224. The first-order valence-electron chi connectivity index (χ1n) is 9.18. The Morgan fingerprint density at radius 1 is 1.18 bits per heavy atom. The summed E-state index contributed by atoms with van der Waals surface area (Å²) >= 11 is 0. The van der Waals surface area contributed by atoms with Crippen molar-refractivity contribution < 1.29 is 13.6 Å². The molecule has 2 amide bonds. The molecule has 1 saturated heterocycles. The van der Waals surface area contributed by atoms with Crippen molar-refractivity contribution in [3.8, 4) is 0 Å². The Balaban J connectivity index is 1.64. The fraction of sp³-hybridized carbons (Fsp3) is 0.333. The molecule has 1 aliphatic heterocycles. The molecule has 0 unspecified atom stereocenters. The largest absolute Gasteiger partial charge is 0.377 e. The average Bonchev–Trinajstić information content (AvgIpc) is 2.65. The molecule has 0 radical (unpaired) electrons. The zero-order chi connectivity index (χ0) is 20.3. The first-order valence-corrected chi connectivity index (χ1v) is 9.18. The minimum Gasteiger partial charge on any atom is -0.377 e. The number of halogens is 2. The van der Waals surface area contributed by atoms with Crippen LogP contribution in [0.15, 0.2) is 36.0 Å². The monoisotopic (exact) mass is 386 g/mol. The van der Waals surface area contributed by atoms with Gasteiger partial charge in [0.25, 0.3) is 0 Å². The third-order valence-electron chi connectivity index (χ3n) is 4.77. The lowest BCUT2D eigenvalue weighted by Crippen LogP contribution is -2.39. The number of amides is 2. The summed E-state index contributed by atoms with van der Waals surface area (Å²) in [5, 5.41) is 2.85. The van der Waals surface area contributed by atoms with Crippen LogP contribution in [0, 0.1) is 18.6 Å². The van der Waals surface area contributed by atoms with Crippen molar-refractivity contribution in [2.45, 2.75) is 19.8 Å². The normalized spacial score (nSPS) is 14.0. The van der Waals surface area contributed by atoms with E-state index < -0.39 is 11.6 Å². The molecule has 1 fully saturated rings. The van der Waals surface area contributed by atoms with Gasteiger partial charge in [0.1, 0.15) is 11.6 Å². The average molecular weight is 386 g/mol. The molecule has 0 spiro atoms. The van der Waals surface area contributed by atoms with E-state index in [0.29, 0.717) is 37.3 Å². The molecule has 0 saturated carbocycles. The highest BCUT2D eigenvalue weighted by atomic mass is 19.1. The molecule has 1 aliphatic rings. The molecule has 2 aromatic rings. The summed E-state index contributed by atoms with van der Waals surface area (Å²) in [7, 11) is 3.47. The van der Waals surface area contributed by atoms with Crippen LogP contribution in [0.5, 0.6) is 0 Å². The Kier molecular flexibility index (Phi) is 5.92. The number of hydrogen-bond donors (Lipinski definition) is 1. The van der Waals surface area contributed by atoms with Gasteiger partial charge in [0.2, 0.25) is 0 Å². The highest BCUT2D eigenvalue weighted by molar-refractivity contribution is 5.89. The van der Waals surface area contributed by atoms with Crippen LogP contribution in [0.4, 0.5) is 25.0 Å². The first kappa shape index (κ1) is 19.8. The van der Waals surface area contributed by atoms with E-state index in [-0.39, 0.29) is 11.6 Å². The van der Waals surface area contributed by atoms with Crippen molar-refractivity contribution in [1.82, 2.24) is 9.88 Å². The third kappa shape index (κ3) is 4.65. The summed E-state index contributed by atoms with van der Waals surface area (Å²) in [6.45, 7) is 2.86. The van der Waals surface area contributed by atoms with E-state index in [1.165, 1.54) is 12.1 Å². The maximum absolute atomic E-state index is 14.3. The van der Waals surface area contributed by atoms with E-state index >= 15 is 0 Å². The van der Waals surface area contributed by atoms with Crippen LogP contribution >= 0.6 is 0 Å². The van der Waals surface area contributed by atoms with Crippen LogP contribution in [-0.2, 0) is 0 Å². The number of carbonyl (C=O) groups excluding carboxylic acids is 1. The quantitative estimate of drug-likeness (QED) is 0.848. The van der Waals surface area contributed by atoms with Crippen LogP contribution in [0.2, 0.25) is 0 Å². The number of rotatable bonds is 3. The molecular formula is C21H24F2N4O. The number of hydrogen-bond acceptors (Lipinski definition) is 3. The topological polar surface area (TPSA) is 48.5 Å². The predicted molar refractivity (Wildman–Crippen MR) is 107 cm³/mol. The number of pyridine rings is 1. The maximum atomic E-state index is 14.3. The fourth-order valence-corrected chi connectivity index (χ4v) is 3.14. The number of aryl methyl sites for hydroxylation is 1. The Hall–Kier alpha value is -2.96. The fourth-order valence-electron chi connectivity index (χ4n) is 3.14. The zero-order valence-electron chi connectivity index (χ0n) is 16.3. The second kappa shape index (κ2) is 8.37. The molecule has 0 atom stereocenters. The summed E-state index contributed by atoms with van der Waals surface area (Å²) in [6.07, 6.45) is 4.38. The lowest BCUT2D eigenvalue weighted by molar-refractivity contribution is 0.208. The molecule has 0 bridgehead atoms. The van der Waals surface area contributed by atoms with Gasteiger partial charge in [-0.25, -0.2) is 13.6 Å². The second-order valence-electron chi connectivity index (χ2n) is 7.12. The predicted octanol–water partition coefficient (Wildman–Crippen LogP) is 4.45. The number of nitrogens with one attached hydrogen (secondary N) is 1. The van der Waals surface area contributed by atoms with Crippen molar-refractivity contribution in [1.29, 1.82) is 0 Å². The third-order valence-corrected chi connectivity index (χ3v) is 4.77. The maximum Gasteiger partial charge on any atom is 0.321 e. The van der Waals surface area contributed by atoms with Gasteiger partial charge >= 0.3 is 6.03 Å². The van der Waals surface area contributed by atoms with Gasteiger partial charge in [-0.1, -0.05) is 5.57 Å². The van der Waals surface area contributed by atoms with Gasteiger partial charge < -0.3 is 15.1 Å². The standard InChI is InChI=1S/C21H24F2N4O/c1-14-10-16(4-7-24-14)25-21(28)27-8-5-15(6-9-27)11-18-19(22)12-17(26(2)3)13-20(18)23/h4,7,10-13H,5-6,8-9H2,1-3H3,(H,24,25,28). The summed E-state index contributed by atoms with van der Waals surface area (Å²) in [5.74, 6) is -1.16. The minimum atomic E-state index is -0.579.